The van der Waals surface area contributed by atoms with E-state index in [0.29, 0.717) is 23.8 Å². The second kappa shape index (κ2) is 7.06. The fourth-order valence-electron chi connectivity index (χ4n) is 4.58. The van der Waals surface area contributed by atoms with E-state index in [1.807, 2.05) is 17.0 Å². The molecule has 6 heteroatoms. The molecule has 2 fully saturated rings. The van der Waals surface area contributed by atoms with Crippen LogP contribution < -0.4 is 9.47 Å². The number of thiocarbonyl (C=S) groups is 1. The minimum absolute atomic E-state index is 0.170. The molecule has 0 spiro atoms. The van der Waals surface area contributed by atoms with Crippen LogP contribution in [0.1, 0.15) is 49.7 Å². The van der Waals surface area contributed by atoms with E-state index in [9.17, 15) is 4.79 Å². The van der Waals surface area contributed by atoms with Crippen LogP contribution in [0.15, 0.2) is 12.1 Å². The quantitative estimate of drug-likeness (QED) is 0.600. The fourth-order valence-corrected chi connectivity index (χ4v) is 5.01. The Morgan fingerprint density at radius 3 is 2.23 bits per heavy atom. The number of hydrogen-bond acceptors (Lipinski definition) is 4. The Morgan fingerprint density at radius 2 is 1.62 bits per heavy atom. The van der Waals surface area contributed by atoms with Crippen molar-refractivity contribution >= 4 is 23.2 Å². The summed E-state index contributed by atoms with van der Waals surface area (Å²) in [7, 11) is 3.29. The Kier molecular flexibility index (Phi) is 4.78. The van der Waals surface area contributed by atoms with E-state index in [1.54, 1.807) is 14.2 Å². The lowest BCUT2D eigenvalue weighted by Crippen LogP contribution is -2.40. The number of nitrogens with zero attached hydrogens (tertiary/aromatic N) is 2. The number of hydrogen-bond donors (Lipinski definition) is 0. The molecule has 1 amide bonds. The molecular weight excluding hydrogens is 348 g/mol. The highest BCUT2D eigenvalue weighted by Crippen LogP contribution is 2.38. The predicted octanol–water partition coefficient (Wildman–Crippen LogP) is 3.28. The summed E-state index contributed by atoms with van der Waals surface area (Å²) in [6.07, 6.45) is 7.74. The van der Waals surface area contributed by atoms with E-state index in [2.05, 4.69) is 4.90 Å². The number of fused-ring (bicyclic) bond motifs is 2. The zero-order valence-electron chi connectivity index (χ0n) is 15.5. The summed E-state index contributed by atoms with van der Waals surface area (Å²) in [5.74, 6) is 1.62. The Labute approximate surface area is 160 Å². The summed E-state index contributed by atoms with van der Waals surface area (Å²) >= 11 is 5.75. The minimum atomic E-state index is -0.170. The van der Waals surface area contributed by atoms with Gasteiger partial charge in [0.2, 0.25) is 0 Å². The van der Waals surface area contributed by atoms with Crippen molar-refractivity contribution in [1.82, 2.24) is 9.80 Å². The van der Waals surface area contributed by atoms with Gasteiger partial charge >= 0.3 is 0 Å². The first-order chi connectivity index (χ1) is 12.6. The lowest BCUT2D eigenvalue weighted by Gasteiger charge is -2.31. The van der Waals surface area contributed by atoms with Crippen molar-refractivity contribution in [2.75, 3.05) is 14.2 Å². The molecule has 0 bridgehead atoms. The molecule has 3 aliphatic rings. The van der Waals surface area contributed by atoms with Crippen molar-refractivity contribution < 1.29 is 14.3 Å². The van der Waals surface area contributed by atoms with Crippen LogP contribution in [0.2, 0.25) is 0 Å². The Bertz CT molecular complexity index is 677. The first kappa shape index (κ1) is 17.6. The van der Waals surface area contributed by atoms with Crippen LogP contribution in [0.5, 0.6) is 11.5 Å². The van der Waals surface area contributed by atoms with Crippen molar-refractivity contribution in [1.29, 1.82) is 0 Å². The zero-order valence-corrected chi connectivity index (χ0v) is 16.3. The van der Waals surface area contributed by atoms with Gasteiger partial charge in [-0.3, -0.25) is 9.69 Å². The van der Waals surface area contributed by atoms with E-state index >= 15 is 0 Å². The lowest BCUT2D eigenvalue weighted by molar-refractivity contribution is -0.129. The molecule has 1 saturated heterocycles. The molecule has 2 aliphatic heterocycles. The molecule has 0 N–H and O–H groups in total. The first-order valence-electron chi connectivity index (χ1n) is 9.51. The number of carbonyl (C=O) groups is 1. The van der Waals surface area contributed by atoms with Gasteiger partial charge in [0.15, 0.2) is 16.6 Å². The summed E-state index contributed by atoms with van der Waals surface area (Å²) in [5.41, 5.74) is 2.32. The second-order valence-electron chi connectivity index (χ2n) is 7.46. The number of benzene rings is 1. The van der Waals surface area contributed by atoms with Gasteiger partial charge in [0.25, 0.3) is 5.91 Å². The summed E-state index contributed by atoms with van der Waals surface area (Å²) in [4.78, 5) is 17.2. The molecule has 4 rings (SSSR count). The molecule has 1 aromatic carbocycles. The van der Waals surface area contributed by atoms with Gasteiger partial charge < -0.3 is 14.4 Å². The van der Waals surface area contributed by atoms with Crippen molar-refractivity contribution in [3.63, 3.8) is 0 Å². The highest BCUT2D eigenvalue weighted by atomic mass is 32.1. The van der Waals surface area contributed by atoms with Crippen LogP contribution in [0.25, 0.3) is 0 Å². The number of amides is 1. The maximum atomic E-state index is 13.2. The zero-order chi connectivity index (χ0) is 18.3. The monoisotopic (exact) mass is 374 g/mol. The van der Waals surface area contributed by atoms with E-state index in [1.165, 1.54) is 25.7 Å². The van der Waals surface area contributed by atoms with E-state index in [-0.39, 0.29) is 18.0 Å². The van der Waals surface area contributed by atoms with Crippen LogP contribution in [0.4, 0.5) is 0 Å². The largest absolute Gasteiger partial charge is 0.493 e. The average Bonchev–Trinajstić information content (AvgIpc) is 2.85. The molecular formula is C20H26N2O3S. The molecule has 0 unspecified atom stereocenters. The van der Waals surface area contributed by atoms with Gasteiger partial charge in [0.1, 0.15) is 6.04 Å². The van der Waals surface area contributed by atoms with Gasteiger partial charge in [-0.05, 0) is 48.3 Å². The van der Waals surface area contributed by atoms with Gasteiger partial charge in [0.05, 0.1) is 14.2 Å². The SMILES string of the molecule is COc1cc2c(cc1OC)CN1C(=S)N(C3CCCCCC3)C(=O)[C@H]1C2. The molecule has 2 heterocycles. The topological polar surface area (TPSA) is 42.0 Å². The Balaban J connectivity index is 1.62. The molecule has 0 radical (unpaired) electrons. The summed E-state index contributed by atoms with van der Waals surface area (Å²) in [6, 6.07) is 4.13. The van der Waals surface area contributed by atoms with Crippen molar-refractivity contribution in [3.05, 3.63) is 23.3 Å². The molecule has 140 valence electrons. The van der Waals surface area contributed by atoms with Crippen LogP contribution in [-0.4, -0.2) is 47.1 Å². The van der Waals surface area contributed by atoms with E-state index in [0.717, 1.165) is 29.7 Å². The lowest BCUT2D eigenvalue weighted by atomic mass is 9.94. The van der Waals surface area contributed by atoms with Gasteiger partial charge in [-0.25, -0.2) is 0 Å². The second-order valence-corrected chi connectivity index (χ2v) is 7.83. The van der Waals surface area contributed by atoms with Crippen molar-refractivity contribution in [2.45, 2.75) is 63.6 Å². The molecule has 1 atom stereocenters. The fraction of sp³-hybridized carbons (Fsp3) is 0.600. The highest BCUT2D eigenvalue weighted by Gasteiger charge is 2.47. The van der Waals surface area contributed by atoms with E-state index < -0.39 is 0 Å². The molecule has 1 saturated carbocycles. The van der Waals surface area contributed by atoms with Crippen LogP contribution >= 0.6 is 12.2 Å². The molecule has 0 aromatic heterocycles. The van der Waals surface area contributed by atoms with Crippen LogP contribution in [-0.2, 0) is 17.8 Å². The third-order valence-electron chi connectivity index (χ3n) is 6.00. The number of methoxy groups -OCH3 is 2. The third kappa shape index (κ3) is 2.84. The number of ether oxygens (including phenoxy) is 2. The minimum Gasteiger partial charge on any atom is -0.493 e. The highest BCUT2D eigenvalue weighted by molar-refractivity contribution is 7.80. The molecule has 5 nitrogen and oxygen atoms in total. The summed E-state index contributed by atoms with van der Waals surface area (Å²) in [6.45, 7) is 0.661. The maximum Gasteiger partial charge on any atom is 0.252 e. The van der Waals surface area contributed by atoms with Crippen molar-refractivity contribution in [2.24, 2.45) is 0 Å². The summed E-state index contributed by atoms with van der Waals surface area (Å²) < 4.78 is 10.9. The van der Waals surface area contributed by atoms with Gasteiger partial charge in [-0.15, -0.1) is 0 Å². The standard InChI is InChI=1S/C20H26N2O3S/c1-24-17-10-13-9-16-19(23)22(15-7-5-3-4-6-8-15)20(26)21(16)12-14(13)11-18(17)25-2/h10-11,15-16H,3-9,12H2,1-2H3/t16-/m1/s1. The number of carbonyl (C=O) groups excluding carboxylic acids is 1. The Morgan fingerprint density at radius 1 is 1.00 bits per heavy atom. The van der Waals surface area contributed by atoms with Crippen LogP contribution in [0.3, 0.4) is 0 Å². The molecule has 1 aliphatic carbocycles. The normalized spacial score (nSPS) is 23.5. The molecule has 26 heavy (non-hydrogen) atoms. The predicted molar refractivity (Wildman–Crippen MR) is 104 cm³/mol. The smallest absolute Gasteiger partial charge is 0.252 e. The van der Waals surface area contributed by atoms with Gasteiger partial charge in [0, 0.05) is 19.0 Å². The van der Waals surface area contributed by atoms with Crippen molar-refractivity contribution in [3.8, 4) is 11.5 Å². The number of rotatable bonds is 3. The average molecular weight is 375 g/mol. The maximum absolute atomic E-state index is 13.2. The van der Waals surface area contributed by atoms with Gasteiger partial charge in [-0.1, -0.05) is 25.7 Å². The third-order valence-corrected chi connectivity index (χ3v) is 6.43. The Hall–Kier alpha value is -1.82. The van der Waals surface area contributed by atoms with E-state index in [4.69, 9.17) is 21.7 Å². The first-order valence-corrected chi connectivity index (χ1v) is 9.92. The van der Waals surface area contributed by atoms with Gasteiger partial charge in [-0.2, -0.15) is 0 Å². The molecule has 1 aromatic rings. The van der Waals surface area contributed by atoms with Crippen LogP contribution in [0, 0.1) is 0 Å². The summed E-state index contributed by atoms with van der Waals surface area (Å²) in [5, 5.41) is 0.715.